The molecule has 8 heteroatoms. The van der Waals surface area contributed by atoms with Gasteiger partial charge in [-0.15, -0.1) is 0 Å². The molecule has 0 radical (unpaired) electrons. The average molecular weight is 325 g/mol. The first-order chi connectivity index (χ1) is 11.0. The summed E-state index contributed by atoms with van der Waals surface area (Å²) in [6.07, 6.45) is 0.331. The van der Waals surface area contributed by atoms with E-state index in [4.69, 9.17) is 4.74 Å². The van der Waals surface area contributed by atoms with Gasteiger partial charge >= 0.3 is 0 Å². The first kappa shape index (κ1) is 17.0. The molecule has 2 aromatic rings. The van der Waals surface area contributed by atoms with Crippen LogP contribution in [0.25, 0.3) is 11.3 Å². The maximum atomic E-state index is 13.9. The van der Waals surface area contributed by atoms with E-state index in [2.05, 4.69) is 10.2 Å². The Kier molecular flexibility index (Phi) is 5.41. The van der Waals surface area contributed by atoms with E-state index in [-0.39, 0.29) is 30.0 Å². The number of H-pyrrole nitrogens is 1. The van der Waals surface area contributed by atoms with Crippen molar-refractivity contribution in [1.29, 1.82) is 0 Å². The van der Waals surface area contributed by atoms with E-state index in [1.54, 1.807) is 0 Å². The third kappa shape index (κ3) is 3.72. The predicted octanol–water partition coefficient (Wildman–Crippen LogP) is 1.43. The molecule has 0 aliphatic carbocycles. The highest BCUT2D eigenvalue weighted by molar-refractivity contribution is 5.99. The van der Waals surface area contributed by atoms with Gasteiger partial charge in [0.1, 0.15) is 11.6 Å². The SMILES string of the molecule is COCC(O)CN(C)C(=O)c1cn[nH]c1-c1c(F)cccc1F. The molecule has 1 aromatic heterocycles. The molecule has 124 valence electrons. The van der Waals surface area contributed by atoms with Crippen LogP contribution in [0.3, 0.4) is 0 Å². The zero-order chi connectivity index (χ0) is 17.0. The molecule has 1 heterocycles. The Morgan fingerprint density at radius 2 is 2.09 bits per heavy atom. The molecule has 1 amide bonds. The highest BCUT2D eigenvalue weighted by atomic mass is 19.1. The Hall–Kier alpha value is -2.32. The molecule has 1 atom stereocenters. The van der Waals surface area contributed by atoms with E-state index in [0.29, 0.717) is 0 Å². The van der Waals surface area contributed by atoms with E-state index in [0.717, 1.165) is 12.1 Å². The number of rotatable bonds is 6. The molecule has 0 aliphatic heterocycles. The Labute approximate surface area is 131 Å². The Morgan fingerprint density at radius 1 is 1.43 bits per heavy atom. The molecule has 2 rings (SSSR count). The molecule has 0 aliphatic rings. The normalized spacial score (nSPS) is 12.2. The number of aromatic nitrogens is 2. The standard InChI is InChI=1S/C15H17F2N3O3/c1-20(7-9(21)8-23-2)15(22)10-6-18-19-14(10)13-11(16)4-3-5-12(13)17/h3-6,9,21H,7-8H2,1-2H3,(H,18,19). The number of benzene rings is 1. The fourth-order valence-electron chi connectivity index (χ4n) is 2.23. The summed E-state index contributed by atoms with van der Waals surface area (Å²) in [5.41, 5.74) is -0.376. The lowest BCUT2D eigenvalue weighted by molar-refractivity contribution is 0.0380. The lowest BCUT2D eigenvalue weighted by atomic mass is 10.1. The van der Waals surface area contributed by atoms with Crippen LogP contribution in [0.5, 0.6) is 0 Å². The van der Waals surface area contributed by atoms with Crippen LogP contribution in [-0.4, -0.2) is 59.5 Å². The smallest absolute Gasteiger partial charge is 0.257 e. The summed E-state index contributed by atoms with van der Waals surface area (Å²) < 4.78 is 32.6. The Bertz CT molecular complexity index is 670. The fraction of sp³-hybridized carbons (Fsp3) is 0.333. The summed E-state index contributed by atoms with van der Waals surface area (Å²) in [6, 6.07) is 3.43. The molecule has 23 heavy (non-hydrogen) atoms. The molecule has 0 bridgehead atoms. The quantitative estimate of drug-likeness (QED) is 0.842. The highest BCUT2D eigenvalue weighted by Gasteiger charge is 2.24. The van der Waals surface area contributed by atoms with Crippen molar-refractivity contribution in [1.82, 2.24) is 15.1 Å². The largest absolute Gasteiger partial charge is 0.389 e. The van der Waals surface area contributed by atoms with Crippen molar-refractivity contribution in [2.24, 2.45) is 0 Å². The first-order valence-electron chi connectivity index (χ1n) is 6.86. The van der Waals surface area contributed by atoms with Crippen molar-refractivity contribution in [2.45, 2.75) is 6.10 Å². The summed E-state index contributed by atoms with van der Waals surface area (Å²) in [4.78, 5) is 13.7. The van der Waals surface area contributed by atoms with Crippen molar-refractivity contribution in [3.63, 3.8) is 0 Å². The minimum Gasteiger partial charge on any atom is -0.389 e. The Morgan fingerprint density at radius 3 is 2.70 bits per heavy atom. The third-order valence-corrected chi connectivity index (χ3v) is 3.27. The fourth-order valence-corrected chi connectivity index (χ4v) is 2.23. The van der Waals surface area contributed by atoms with Crippen molar-refractivity contribution in [2.75, 3.05) is 27.3 Å². The van der Waals surface area contributed by atoms with E-state index in [1.165, 1.54) is 31.3 Å². The van der Waals surface area contributed by atoms with E-state index in [1.807, 2.05) is 0 Å². The zero-order valence-electron chi connectivity index (χ0n) is 12.7. The van der Waals surface area contributed by atoms with E-state index < -0.39 is 23.6 Å². The second-order valence-electron chi connectivity index (χ2n) is 5.05. The van der Waals surface area contributed by atoms with Crippen molar-refractivity contribution in [3.05, 3.63) is 41.6 Å². The van der Waals surface area contributed by atoms with Gasteiger partial charge in [0.2, 0.25) is 0 Å². The van der Waals surface area contributed by atoms with Crippen LogP contribution in [0.4, 0.5) is 8.78 Å². The number of carbonyl (C=O) groups excluding carboxylic acids is 1. The maximum absolute atomic E-state index is 13.9. The second kappa shape index (κ2) is 7.30. The van der Waals surface area contributed by atoms with Crippen molar-refractivity contribution in [3.8, 4) is 11.3 Å². The molecular formula is C15H17F2N3O3. The second-order valence-corrected chi connectivity index (χ2v) is 5.05. The number of aliphatic hydroxyl groups excluding tert-OH is 1. The minimum absolute atomic E-state index is 0.0110. The number of aliphatic hydroxyl groups is 1. The summed E-state index contributed by atoms with van der Waals surface area (Å²) in [7, 11) is 2.90. The van der Waals surface area contributed by atoms with Gasteiger partial charge in [0.05, 0.1) is 35.7 Å². The van der Waals surface area contributed by atoms with Gasteiger partial charge in [-0.2, -0.15) is 5.10 Å². The van der Waals surface area contributed by atoms with Gasteiger partial charge in [-0.05, 0) is 12.1 Å². The number of aromatic amines is 1. The van der Waals surface area contributed by atoms with Gasteiger partial charge < -0.3 is 14.7 Å². The molecule has 0 saturated heterocycles. The topological polar surface area (TPSA) is 78.5 Å². The summed E-state index contributed by atoms with van der Waals surface area (Å²) >= 11 is 0. The number of hydrogen-bond donors (Lipinski definition) is 2. The highest BCUT2D eigenvalue weighted by Crippen LogP contribution is 2.27. The third-order valence-electron chi connectivity index (χ3n) is 3.27. The lowest BCUT2D eigenvalue weighted by Gasteiger charge is -2.20. The number of ether oxygens (including phenoxy) is 1. The average Bonchev–Trinajstić information content (AvgIpc) is 2.95. The van der Waals surface area contributed by atoms with E-state index in [9.17, 15) is 18.7 Å². The van der Waals surface area contributed by atoms with Gasteiger partial charge in [-0.1, -0.05) is 6.07 Å². The molecular weight excluding hydrogens is 308 g/mol. The summed E-state index contributed by atoms with van der Waals surface area (Å²) in [5, 5.41) is 15.8. The molecule has 0 fully saturated rings. The maximum Gasteiger partial charge on any atom is 0.257 e. The van der Waals surface area contributed by atoms with Crippen molar-refractivity contribution < 1.29 is 23.4 Å². The number of amides is 1. The lowest BCUT2D eigenvalue weighted by Crippen LogP contribution is -2.36. The zero-order valence-corrected chi connectivity index (χ0v) is 12.7. The van der Waals surface area contributed by atoms with Crippen LogP contribution in [0.15, 0.2) is 24.4 Å². The van der Waals surface area contributed by atoms with E-state index >= 15 is 0 Å². The monoisotopic (exact) mass is 325 g/mol. The van der Waals surface area contributed by atoms with Gasteiger partial charge in [0, 0.05) is 20.7 Å². The van der Waals surface area contributed by atoms with Gasteiger partial charge in [-0.25, -0.2) is 8.78 Å². The van der Waals surface area contributed by atoms with Crippen LogP contribution < -0.4 is 0 Å². The number of methoxy groups -OCH3 is 1. The predicted molar refractivity (Wildman–Crippen MR) is 78.8 cm³/mol. The number of hydrogen-bond acceptors (Lipinski definition) is 4. The molecule has 1 unspecified atom stereocenters. The van der Waals surface area contributed by atoms with Crippen LogP contribution in [0.1, 0.15) is 10.4 Å². The Balaban J connectivity index is 2.29. The number of nitrogens with zero attached hydrogens (tertiary/aromatic N) is 2. The summed E-state index contributed by atoms with van der Waals surface area (Å²) in [5.74, 6) is -2.12. The number of halogens is 2. The van der Waals surface area contributed by atoms with Crippen molar-refractivity contribution >= 4 is 5.91 Å². The molecule has 0 spiro atoms. The van der Waals surface area contributed by atoms with Crippen LogP contribution >= 0.6 is 0 Å². The minimum atomic E-state index is -0.866. The van der Waals surface area contributed by atoms with Crippen LogP contribution in [0.2, 0.25) is 0 Å². The number of carbonyl (C=O) groups is 1. The van der Waals surface area contributed by atoms with Crippen LogP contribution in [0, 0.1) is 11.6 Å². The number of likely N-dealkylation sites (N-methyl/N-ethyl adjacent to an activating group) is 1. The molecule has 2 N–H and O–H groups in total. The molecule has 1 aromatic carbocycles. The number of nitrogens with one attached hydrogen (secondary N) is 1. The van der Waals surface area contributed by atoms with Gasteiger partial charge in [0.15, 0.2) is 0 Å². The summed E-state index contributed by atoms with van der Waals surface area (Å²) in [6.45, 7) is 0.0782. The van der Waals surface area contributed by atoms with Gasteiger partial charge in [-0.3, -0.25) is 9.89 Å². The first-order valence-corrected chi connectivity index (χ1v) is 6.86. The van der Waals surface area contributed by atoms with Crippen LogP contribution in [-0.2, 0) is 4.74 Å². The van der Waals surface area contributed by atoms with Gasteiger partial charge in [0.25, 0.3) is 5.91 Å². The molecule has 0 saturated carbocycles. The molecule has 6 nitrogen and oxygen atoms in total.